The van der Waals surface area contributed by atoms with Gasteiger partial charge in [-0.25, -0.2) is 4.98 Å². The molecule has 7 heteroatoms. The molecule has 0 radical (unpaired) electrons. The molecule has 0 aliphatic rings. The van der Waals surface area contributed by atoms with E-state index >= 15 is 0 Å². The number of hydrogen-bond acceptors (Lipinski definition) is 3. The molecule has 0 bridgehead atoms. The van der Waals surface area contributed by atoms with Gasteiger partial charge in [-0.3, -0.25) is 0 Å². The van der Waals surface area contributed by atoms with Gasteiger partial charge < -0.3 is 4.74 Å². The normalized spacial score (nSPS) is 12.0. The van der Waals surface area contributed by atoms with Gasteiger partial charge >= 0.3 is 6.36 Å². The molecule has 0 aliphatic heterocycles. The van der Waals surface area contributed by atoms with E-state index in [4.69, 9.17) is 11.6 Å². The molecule has 4 rings (SSSR count). The van der Waals surface area contributed by atoms with Gasteiger partial charge in [0.25, 0.3) is 0 Å². The molecule has 0 aliphatic carbocycles. The van der Waals surface area contributed by atoms with E-state index in [2.05, 4.69) is 9.72 Å². The topological polar surface area (TPSA) is 22.1 Å². The van der Waals surface area contributed by atoms with Crippen molar-refractivity contribution in [2.75, 3.05) is 0 Å². The van der Waals surface area contributed by atoms with Gasteiger partial charge in [0, 0.05) is 21.0 Å². The van der Waals surface area contributed by atoms with Crippen molar-refractivity contribution < 1.29 is 17.9 Å². The summed E-state index contributed by atoms with van der Waals surface area (Å²) in [7, 11) is 0. The molecule has 0 amide bonds. The van der Waals surface area contributed by atoms with Gasteiger partial charge in [0.1, 0.15) is 10.6 Å². The molecule has 26 heavy (non-hydrogen) atoms. The molecule has 0 saturated carbocycles. The molecule has 132 valence electrons. The van der Waals surface area contributed by atoms with Gasteiger partial charge in [0.05, 0.1) is 10.7 Å². The van der Waals surface area contributed by atoms with Crippen molar-refractivity contribution in [2.24, 2.45) is 0 Å². The number of halogens is 4. The van der Waals surface area contributed by atoms with Crippen molar-refractivity contribution in [1.29, 1.82) is 0 Å². The molecular weight excluding hydrogens is 383 g/mol. The zero-order chi connectivity index (χ0) is 18.5. The maximum atomic E-state index is 12.7. The fourth-order valence-corrected chi connectivity index (χ4v) is 4.14. The molecule has 0 N–H and O–H groups in total. The maximum Gasteiger partial charge on any atom is 0.573 e. The number of benzene rings is 2. The van der Waals surface area contributed by atoms with Gasteiger partial charge in [-0.2, -0.15) is 0 Å². The first-order valence-corrected chi connectivity index (χ1v) is 8.86. The third-order valence-corrected chi connectivity index (χ3v) is 5.46. The lowest BCUT2D eigenvalue weighted by Crippen LogP contribution is -2.17. The van der Waals surface area contributed by atoms with Crippen LogP contribution >= 0.6 is 22.9 Å². The number of pyridine rings is 1. The molecule has 0 unspecified atom stereocenters. The van der Waals surface area contributed by atoms with Crippen LogP contribution in [-0.2, 0) is 0 Å². The number of fused-ring (bicyclic) bond motifs is 3. The van der Waals surface area contributed by atoms with Crippen LogP contribution in [-0.4, -0.2) is 11.3 Å². The monoisotopic (exact) mass is 393 g/mol. The summed E-state index contributed by atoms with van der Waals surface area (Å²) in [6.07, 6.45) is -4.74. The number of nitrogens with zero attached hydrogens (tertiary/aromatic N) is 1. The third-order valence-electron chi connectivity index (χ3n) is 4.02. The highest BCUT2D eigenvalue weighted by Gasteiger charge is 2.32. The Bertz CT molecular complexity index is 1140. The summed E-state index contributed by atoms with van der Waals surface area (Å²) in [5, 5.41) is 2.49. The van der Waals surface area contributed by atoms with Crippen molar-refractivity contribution in [3.63, 3.8) is 0 Å². The van der Waals surface area contributed by atoms with Crippen molar-refractivity contribution in [3.05, 3.63) is 59.2 Å². The fourth-order valence-electron chi connectivity index (χ4n) is 2.85. The minimum Gasteiger partial charge on any atom is -0.405 e. The van der Waals surface area contributed by atoms with E-state index in [1.807, 2.05) is 25.1 Å². The Balaban J connectivity index is 1.88. The van der Waals surface area contributed by atoms with Crippen molar-refractivity contribution in [3.8, 4) is 16.9 Å². The standard InChI is InChI=1S/C19H11ClF3NOS/c1-10-15(20)9-14-13-7-6-11(8-17(13)26-18(14)24-10)12-4-2-3-5-16(12)25-19(21,22)23/h2-9H,1H3. The predicted octanol–water partition coefficient (Wildman–Crippen LogP) is 6.98. The third kappa shape index (κ3) is 3.10. The summed E-state index contributed by atoms with van der Waals surface area (Å²) in [6.45, 7) is 1.84. The van der Waals surface area contributed by atoms with Gasteiger partial charge in [0.2, 0.25) is 0 Å². The van der Waals surface area contributed by atoms with Gasteiger partial charge in [-0.1, -0.05) is 41.9 Å². The number of aryl methyl sites for hydroxylation is 1. The molecule has 0 saturated heterocycles. The first-order chi connectivity index (χ1) is 12.3. The van der Waals surface area contributed by atoms with Crippen molar-refractivity contribution in [1.82, 2.24) is 4.98 Å². The lowest BCUT2D eigenvalue weighted by molar-refractivity contribution is -0.274. The van der Waals surface area contributed by atoms with Crippen LogP contribution in [0.15, 0.2) is 48.5 Å². The zero-order valence-corrected chi connectivity index (χ0v) is 15.0. The minimum atomic E-state index is -4.74. The molecule has 4 aromatic rings. The highest BCUT2D eigenvalue weighted by molar-refractivity contribution is 7.25. The molecular formula is C19H11ClF3NOS. The van der Waals surface area contributed by atoms with E-state index in [-0.39, 0.29) is 5.75 Å². The number of rotatable bonds is 2. The second-order valence-corrected chi connectivity index (χ2v) is 7.20. The van der Waals surface area contributed by atoms with Crippen LogP contribution in [0.4, 0.5) is 13.2 Å². The Morgan fingerprint density at radius 2 is 1.81 bits per heavy atom. The Hall–Kier alpha value is -2.31. The second kappa shape index (κ2) is 6.14. The van der Waals surface area contributed by atoms with E-state index in [0.29, 0.717) is 16.1 Å². The van der Waals surface area contributed by atoms with Crippen LogP contribution in [0.3, 0.4) is 0 Å². The van der Waals surface area contributed by atoms with Gasteiger partial charge in [0.15, 0.2) is 0 Å². The Morgan fingerprint density at radius 3 is 2.58 bits per heavy atom. The quantitative estimate of drug-likeness (QED) is 0.366. The average Bonchev–Trinajstić information content (AvgIpc) is 2.91. The van der Waals surface area contributed by atoms with Crippen molar-refractivity contribution in [2.45, 2.75) is 13.3 Å². The van der Waals surface area contributed by atoms with Crippen LogP contribution in [0.25, 0.3) is 31.4 Å². The largest absolute Gasteiger partial charge is 0.573 e. The number of hydrogen-bond donors (Lipinski definition) is 0. The van der Waals surface area contributed by atoms with Crippen LogP contribution in [0.5, 0.6) is 5.75 Å². The van der Waals surface area contributed by atoms with E-state index in [1.54, 1.807) is 18.2 Å². The molecule has 0 spiro atoms. The number of ether oxygens (including phenoxy) is 1. The molecule has 2 heterocycles. The minimum absolute atomic E-state index is 0.225. The highest BCUT2D eigenvalue weighted by atomic mass is 35.5. The summed E-state index contributed by atoms with van der Waals surface area (Å²) >= 11 is 7.65. The van der Waals surface area contributed by atoms with Crippen molar-refractivity contribution >= 4 is 43.2 Å². The number of thiophene rings is 1. The number of alkyl halides is 3. The fraction of sp³-hybridized carbons (Fsp3) is 0.105. The first-order valence-electron chi connectivity index (χ1n) is 7.66. The summed E-state index contributed by atoms with van der Waals surface area (Å²) in [5.41, 5.74) is 1.77. The second-order valence-electron chi connectivity index (χ2n) is 5.77. The zero-order valence-electron chi connectivity index (χ0n) is 13.4. The Labute approximate surface area is 155 Å². The highest BCUT2D eigenvalue weighted by Crippen LogP contribution is 2.39. The summed E-state index contributed by atoms with van der Waals surface area (Å²) < 4.78 is 43.1. The van der Waals surface area contributed by atoms with Crippen LogP contribution in [0.1, 0.15) is 5.69 Å². The van der Waals surface area contributed by atoms with Crippen LogP contribution < -0.4 is 4.74 Å². The predicted molar refractivity (Wildman–Crippen MR) is 99.0 cm³/mol. The molecule has 2 nitrogen and oxygen atoms in total. The van der Waals surface area contributed by atoms with E-state index in [9.17, 15) is 13.2 Å². The summed E-state index contributed by atoms with van der Waals surface area (Å²) in [4.78, 5) is 5.34. The van der Waals surface area contributed by atoms with E-state index < -0.39 is 6.36 Å². The summed E-state index contributed by atoms with van der Waals surface area (Å²) in [6, 6.07) is 13.5. The molecule has 0 fully saturated rings. The summed E-state index contributed by atoms with van der Waals surface area (Å²) in [5.74, 6) is -0.225. The number of para-hydroxylation sites is 1. The molecule has 2 aromatic heterocycles. The SMILES string of the molecule is Cc1nc2sc3cc(-c4ccccc4OC(F)(F)F)ccc3c2cc1Cl. The lowest BCUT2D eigenvalue weighted by atomic mass is 10.0. The first kappa shape index (κ1) is 17.1. The Kier molecular flexibility index (Phi) is 4.04. The van der Waals surface area contributed by atoms with Gasteiger partial charge in [-0.05, 0) is 30.7 Å². The Morgan fingerprint density at radius 1 is 1.04 bits per heavy atom. The molecule has 2 aromatic carbocycles. The van der Waals surface area contributed by atoms with E-state index in [1.165, 1.54) is 23.5 Å². The van der Waals surface area contributed by atoms with Crippen LogP contribution in [0, 0.1) is 6.92 Å². The van der Waals surface area contributed by atoms with Crippen LogP contribution in [0.2, 0.25) is 5.02 Å². The average molecular weight is 394 g/mol. The van der Waals surface area contributed by atoms with E-state index in [0.717, 1.165) is 26.0 Å². The lowest BCUT2D eigenvalue weighted by Gasteiger charge is -2.13. The number of aromatic nitrogens is 1. The van der Waals surface area contributed by atoms with Gasteiger partial charge in [-0.15, -0.1) is 24.5 Å². The molecule has 0 atom stereocenters. The smallest absolute Gasteiger partial charge is 0.405 e. The maximum absolute atomic E-state index is 12.7.